The summed E-state index contributed by atoms with van der Waals surface area (Å²) >= 11 is 4.14. The van der Waals surface area contributed by atoms with Crippen LogP contribution in [0, 0.1) is 6.92 Å². The van der Waals surface area contributed by atoms with Gasteiger partial charge in [0, 0.05) is 10.7 Å². The lowest BCUT2D eigenvalue weighted by atomic mass is 10.5. The molecule has 0 fully saturated rings. The van der Waals surface area contributed by atoms with E-state index in [9.17, 15) is 8.42 Å². The molecular weight excluding hydrogens is 340 g/mol. The van der Waals surface area contributed by atoms with Gasteiger partial charge in [0.1, 0.15) is 5.82 Å². The van der Waals surface area contributed by atoms with Gasteiger partial charge >= 0.3 is 0 Å². The van der Waals surface area contributed by atoms with Gasteiger partial charge in [-0.2, -0.15) is 0 Å². The van der Waals surface area contributed by atoms with Gasteiger partial charge in [0.15, 0.2) is 9.34 Å². The van der Waals surface area contributed by atoms with Crippen molar-refractivity contribution in [3.8, 4) is 0 Å². The van der Waals surface area contributed by atoms with Crippen LogP contribution in [-0.4, -0.2) is 18.4 Å². The molecule has 3 N–H and O–H groups in total. The molecule has 0 radical (unpaired) electrons. The van der Waals surface area contributed by atoms with Crippen molar-refractivity contribution in [1.29, 1.82) is 0 Å². The first-order valence-corrected chi connectivity index (χ1v) is 7.85. The van der Waals surface area contributed by atoms with E-state index in [0.29, 0.717) is 5.69 Å². The Kier molecular flexibility index (Phi) is 3.55. The van der Waals surface area contributed by atoms with Crippen LogP contribution in [0.2, 0.25) is 0 Å². The van der Waals surface area contributed by atoms with Crippen molar-refractivity contribution in [3.63, 3.8) is 0 Å². The largest absolute Gasteiger partial charge is 0.375 e. The van der Waals surface area contributed by atoms with Gasteiger partial charge < -0.3 is 5.73 Å². The lowest BCUT2D eigenvalue weighted by molar-refractivity contribution is 0.602. The summed E-state index contributed by atoms with van der Waals surface area (Å²) < 4.78 is 27.4. The van der Waals surface area contributed by atoms with Gasteiger partial charge in [-0.3, -0.25) is 4.72 Å². The summed E-state index contributed by atoms with van der Waals surface area (Å²) in [6.07, 6.45) is 1.51. The summed E-state index contributed by atoms with van der Waals surface area (Å²) in [6, 6.07) is 3.25. The molecule has 0 amide bonds. The first-order valence-electron chi connectivity index (χ1n) is 4.76. The van der Waals surface area contributed by atoms with Crippen LogP contribution in [0.4, 0.5) is 10.9 Å². The van der Waals surface area contributed by atoms with Crippen LogP contribution >= 0.6 is 27.3 Å². The smallest absolute Gasteiger partial charge is 0.274 e. The van der Waals surface area contributed by atoms with E-state index in [1.165, 1.54) is 6.20 Å². The molecule has 0 unspecified atom stereocenters. The maximum absolute atomic E-state index is 12.1. The number of sulfonamides is 1. The number of hydrogen-bond acceptors (Lipinski definition) is 6. The zero-order valence-corrected chi connectivity index (χ0v) is 12.4. The van der Waals surface area contributed by atoms with Gasteiger partial charge in [0.05, 0.1) is 5.69 Å². The molecule has 0 aliphatic heterocycles. The minimum Gasteiger partial charge on any atom is -0.375 e. The molecule has 2 rings (SSSR count). The molecule has 6 nitrogen and oxygen atoms in total. The number of aryl methyl sites for hydroxylation is 1. The summed E-state index contributed by atoms with van der Waals surface area (Å²) in [6.45, 7) is 1.59. The second-order valence-corrected chi connectivity index (χ2v) is 7.22. The molecule has 0 aliphatic rings. The Labute approximate surface area is 116 Å². The lowest BCUT2D eigenvalue weighted by Gasteiger charge is -2.05. The molecule has 18 heavy (non-hydrogen) atoms. The fourth-order valence-electron chi connectivity index (χ4n) is 1.27. The topological polar surface area (TPSA) is 98.0 Å². The van der Waals surface area contributed by atoms with Gasteiger partial charge in [-0.1, -0.05) is 11.3 Å². The van der Waals surface area contributed by atoms with Crippen molar-refractivity contribution in [2.45, 2.75) is 11.1 Å². The molecule has 0 aliphatic carbocycles. The summed E-state index contributed by atoms with van der Waals surface area (Å²) in [7, 11) is -3.69. The minimum atomic E-state index is -3.69. The van der Waals surface area contributed by atoms with Crippen LogP contribution < -0.4 is 10.5 Å². The number of nitrogens with two attached hydrogens (primary N) is 1. The van der Waals surface area contributed by atoms with Crippen LogP contribution in [-0.2, 0) is 10.0 Å². The highest BCUT2D eigenvalue weighted by Gasteiger charge is 2.21. The Morgan fingerprint density at radius 1 is 1.44 bits per heavy atom. The van der Waals surface area contributed by atoms with Crippen molar-refractivity contribution in [1.82, 2.24) is 9.97 Å². The van der Waals surface area contributed by atoms with E-state index in [1.54, 1.807) is 19.1 Å². The highest BCUT2D eigenvalue weighted by molar-refractivity contribution is 9.10. The third kappa shape index (κ3) is 2.79. The average Bonchev–Trinajstić information content (AvgIpc) is 2.62. The van der Waals surface area contributed by atoms with Gasteiger partial charge in [-0.05, 0) is 35.0 Å². The van der Waals surface area contributed by atoms with Crippen LogP contribution in [0.15, 0.2) is 27.0 Å². The number of anilines is 2. The Bertz CT molecular complexity index is 666. The van der Waals surface area contributed by atoms with Crippen LogP contribution in [0.1, 0.15) is 5.69 Å². The summed E-state index contributed by atoms with van der Waals surface area (Å²) in [4.78, 5) is 7.82. The number of nitrogens with zero attached hydrogens (tertiary/aromatic N) is 2. The van der Waals surface area contributed by atoms with E-state index >= 15 is 0 Å². The van der Waals surface area contributed by atoms with Crippen LogP contribution in [0.25, 0.3) is 0 Å². The number of rotatable bonds is 3. The lowest BCUT2D eigenvalue weighted by Crippen LogP contribution is -2.13. The number of pyridine rings is 1. The number of hydrogen-bond donors (Lipinski definition) is 2. The van der Waals surface area contributed by atoms with E-state index in [0.717, 1.165) is 15.8 Å². The monoisotopic (exact) mass is 348 g/mol. The first kappa shape index (κ1) is 13.2. The van der Waals surface area contributed by atoms with Crippen molar-refractivity contribution in [2.24, 2.45) is 0 Å². The minimum absolute atomic E-state index is 0.102. The molecule has 96 valence electrons. The van der Waals surface area contributed by atoms with E-state index in [2.05, 4.69) is 30.6 Å². The van der Waals surface area contributed by atoms with Crippen LogP contribution in [0.3, 0.4) is 0 Å². The normalized spacial score (nSPS) is 11.4. The third-order valence-electron chi connectivity index (χ3n) is 1.98. The second kappa shape index (κ2) is 4.82. The van der Waals surface area contributed by atoms with Gasteiger partial charge in [-0.25, -0.2) is 18.4 Å². The van der Waals surface area contributed by atoms with E-state index in [1.807, 2.05) is 0 Å². The van der Waals surface area contributed by atoms with Crippen molar-refractivity contribution in [2.75, 3.05) is 10.5 Å². The zero-order chi connectivity index (χ0) is 13.3. The predicted molar refractivity (Wildman–Crippen MR) is 74.0 cm³/mol. The molecule has 9 heteroatoms. The van der Waals surface area contributed by atoms with Gasteiger partial charge in [0.25, 0.3) is 10.0 Å². The number of thiazole rings is 1. The Balaban J connectivity index is 2.33. The molecule has 0 saturated heterocycles. The molecule has 0 aromatic carbocycles. The molecule has 2 aromatic rings. The Morgan fingerprint density at radius 2 is 2.17 bits per heavy atom. The quantitative estimate of drug-likeness (QED) is 0.883. The summed E-state index contributed by atoms with van der Waals surface area (Å²) in [5, 5.41) is 0.219. The van der Waals surface area contributed by atoms with Gasteiger partial charge in [-0.15, -0.1) is 0 Å². The van der Waals surface area contributed by atoms with Crippen molar-refractivity contribution >= 4 is 48.2 Å². The number of aromatic nitrogens is 2. The molecule has 2 aromatic heterocycles. The standard InChI is InChI=1S/C9H9BrN4O2S2/c1-5-8(17-9(11)13-5)18(15,16)14-7-3-2-6(10)4-12-7/h2-4H,1H3,(H2,11,13)(H,12,14). The van der Waals surface area contributed by atoms with Crippen molar-refractivity contribution in [3.05, 3.63) is 28.5 Å². The molecule has 0 atom stereocenters. The average molecular weight is 349 g/mol. The summed E-state index contributed by atoms with van der Waals surface area (Å²) in [5.41, 5.74) is 5.86. The maximum atomic E-state index is 12.1. The Hall–Kier alpha value is -1.19. The molecular formula is C9H9BrN4O2S2. The number of nitrogen functional groups attached to an aromatic ring is 1. The molecule has 0 saturated carbocycles. The predicted octanol–water partition coefficient (Wildman–Crippen LogP) is 1.99. The SMILES string of the molecule is Cc1nc(N)sc1S(=O)(=O)Nc1ccc(Br)cn1. The third-order valence-corrected chi connectivity index (χ3v) is 5.40. The Morgan fingerprint density at radius 3 is 2.67 bits per heavy atom. The highest BCUT2D eigenvalue weighted by Crippen LogP contribution is 2.26. The fraction of sp³-hybridized carbons (Fsp3) is 0.111. The number of halogens is 1. The molecule has 0 bridgehead atoms. The van der Waals surface area contributed by atoms with E-state index < -0.39 is 10.0 Å². The zero-order valence-electron chi connectivity index (χ0n) is 9.21. The first-order chi connectivity index (χ1) is 8.38. The molecule has 2 heterocycles. The fourth-order valence-corrected chi connectivity index (χ4v) is 3.82. The van der Waals surface area contributed by atoms with Crippen LogP contribution in [0.5, 0.6) is 0 Å². The van der Waals surface area contributed by atoms with E-state index in [4.69, 9.17) is 5.73 Å². The molecule has 0 spiro atoms. The van der Waals surface area contributed by atoms with Crippen molar-refractivity contribution < 1.29 is 8.42 Å². The maximum Gasteiger partial charge on any atom is 0.274 e. The highest BCUT2D eigenvalue weighted by atomic mass is 79.9. The number of nitrogens with one attached hydrogen (secondary N) is 1. The second-order valence-electron chi connectivity index (χ2n) is 3.39. The van der Waals surface area contributed by atoms with E-state index in [-0.39, 0.29) is 15.2 Å². The summed E-state index contributed by atoms with van der Waals surface area (Å²) in [5.74, 6) is 0.240. The van der Waals surface area contributed by atoms with Gasteiger partial charge in [0.2, 0.25) is 0 Å².